The van der Waals surface area contributed by atoms with Crippen LogP contribution < -0.4 is 15.2 Å². The molecule has 0 spiro atoms. The smallest absolute Gasteiger partial charge is 0.133 e. The fraction of sp³-hybridized carbons (Fsp3) is 0.294. The van der Waals surface area contributed by atoms with Gasteiger partial charge in [-0.05, 0) is 53.5 Å². The summed E-state index contributed by atoms with van der Waals surface area (Å²) in [6, 6.07) is 11.7. The minimum Gasteiger partial charge on any atom is -0.496 e. The number of aryl methyl sites for hydroxylation is 1. The van der Waals surface area contributed by atoms with Crippen molar-refractivity contribution >= 4 is 15.9 Å². The summed E-state index contributed by atoms with van der Waals surface area (Å²) >= 11 is 3.50. The first-order chi connectivity index (χ1) is 10.1. The first-order valence-corrected chi connectivity index (χ1v) is 7.68. The molecule has 0 aliphatic carbocycles. The standard InChI is InChI=1S/C17H20BrNO2/c1-4-21-15-7-5-11(2)9-13(15)17(19)12-6-8-16(20-3)14(18)10-12/h5-10,17H,4,19H2,1-3H3. The Kier molecular flexibility index (Phi) is 5.26. The summed E-state index contributed by atoms with van der Waals surface area (Å²) in [5.74, 6) is 1.63. The summed E-state index contributed by atoms with van der Waals surface area (Å²) in [6.45, 7) is 4.64. The lowest BCUT2D eigenvalue weighted by atomic mass is 9.97. The van der Waals surface area contributed by atoms with Gasteiger partial charge in [0, 0.05) is 5.56 Å². The van der Waals surface area contributed by atoms with Gasteiger partial charge in [-0.2, -0.15) is 0 Å². The number of nitrogens with two attached hydrogens (primary N) is 1. The topological polar surface area (TPSA) is 44.5 Å². The fourth-order valence-electron chi connectivity index (χ4n) is 2.25. The van der Waals surface area contributed by atoms with Gasteiger partial charge in [-0.25, -0.2) is 0 Å². The highest BCUT2D eigenvalue weighted by molar-refractivity contribution is 9.10. The molecule has 0 amide bonds. The molecule has 21 heavy (non-hydrogen) atoms. The van der Waals surface area contributed by atoms with Crippen LogP contribution in [0.25, 0.3) is 0 Å². The van der Waals surface area contributed by atoms with Gasteiger partial charge >= 0.3 is 0 Å². The second kappa shape index (κ2) is 6.96. The molecule has 0 saturated carbocycles. The van der Waals surface area contributed by atoms with Crippen LogP contribution in [0.3, 0.4) is 0 Å². The lowest BCUT2D eigenvalue weighted by Crippen LogP contribution is -2.14. The molecule has 4 heteroatoms. The first-order valence-electron chi connectivity index (χ1n) is 6.89. The van der Waals surface area contributed by atoms with E-state index in [0.29, 0.717) is 6.61 Å². The Bertz CT molecular complexity index is 628. The molecule has 0 bridgehead atoms. The SMILES string of the molecule is CCOc1ccc(C)cc1C(N)c1ccc(OC)c(Br)c1. The summed E-state index contributed by atoms with van der Waals surface area (Å²) in [4.78, 5) is 0. The molecule has 2 aromatic rings. The molecule has 1 unspecified atom stereocenters. The summed E-state index contributed by atoms with van der Waals surface area (Å²) in [7, 11) is 1.65. The zero-order valence-corrected chi connectivity index (χ0v) is 14.1. The van der Waals surface area contributed by atoms with Crippen LogP contribution >= 0.6 is 15.9 Å². The lowest BCUT2D eigenvalue weighted by Gasteiger charge is -2.18. The average Bonchev–Trinajstić information content (AvgIpc) is 2.48. The van der Waals surface area contributed by atoms with Crippen molar-refractivity contribution in [1.29, 1.82) is 0 Å². The van der Waals surface area contributed by atoms with Crippen molar-refractivity contribution < 1.29 is 9.47 Å². The lowest BCUT2D eigenvalue weighted by molar-refractivity contribution is 0.335. The predicted molar refractivity (Wildman–Crippen MR) is 89.1 cm³/mol. The fourth-order valence-corrected chi connectivity index (χ4v) is 2.81. The molecular weight excluding hydrogens is 330 g/mol. The Morgan fingerprint density at radius 1 is 1.14 bits per heavy atom. The largest absolute Gasteiger partial charge is 0.496 e. The maximum Gasteiger partial charge on any atom is 0.133 e. The van der Waals surface area contributed by atoms with Crippen molar-refractivity contribution in [1.82, 2.24) is 0 Å². The van der Waals surface area contributed by atoms with Crippen molar-refractivity contribution in [2.24, 2.45) is 5.73 Å². The van der Waals surface area contributed by atoms with Gasteiger partial charge in [-0.3, -0.25) is 0 Å². The van der Waals surface area contributed by atoms with Crippen LogP contribution in [0.15, 0.2) is 40.9 Å². The number of benzene rings is 2. The van der Waals surface area contributed by atoms with E-state index >= 15 is 0 Å². The normalized spacial score (nSPS) is 12.0. The number of methoxy groups -OCH3 is 1. The Labute approximate surface area is 134 Å². The molecule has 0 radical (unpaired) electrons. The third-order valence-corrected chi connectivity index (χ3v) is 3.95. The Morgan fingerprint density at radius 3 is 2.48 bits per heavy atom. The van der Waals surface area contributed by atoms with Crippen LogP contribution in [0, 0.1) is 6.92 Å². The first kappa shape index (κ1) is 15.9. The minimum atomic E-state index is -0.242. The van der Waals surface area contributed by atoms with E-state index < -0.39 is 0 Å². The molecule has 112 valence electrons. The van der Waals surface area contributed by atoms with Crippen LogP contribution in [-0.2, 0) is 0 Å². The molecule has 0 fully saturated rings. The summed E-state index contributed by atoms with van der Waals surface area (Å²) in [6.07, 6.45) is 0. The molecule has 0 aliphatic rings. The van der Waals surface area contributed by atoms with Gasteiger partial charge in [0.25, 0.3) is 0 Å². The average molecular weight is 350 g/mol. The van der Waals surface area contributed by atoms with E-state index in [0.717, 1.165) is 32.7 Å². The second-order valence-electron chi connectivity index (χ2n) is 4.85. The van der Waals surface area contributed by atoms with E-state index in [4.69, 9.17) is 15.2 Å². The molecule has 3 nitrogen and oxygen atoms in total. The summed E-state index contributed by atoms with van der Waals surface area (Å²) in [5, 5.41) is 0. The monoisotopic (exact) mass is 349 g/mol. The van der Waals surface area contributed by atoms with E-state index in [2.05, 4.69) is 28.9 Å². The van der Waals surface area contributed by atoms with Crippen molar-refractivity contribution in [3.05, 3.63) is 57.6 Å². The third-order valence-electron chi connectivity index (χ3n) is 3.34. The van der Waals surface area contributed by atoms with Crippen LogP contribution in [-0.4, -0.2) is 13.7 Å². The van der Waals surface area contributed by atoms with Gasteiger partial charge in [0.05, 0.1) is 24.2 Å². The maximum absolute atomic E-state index is 6.44. The van der Waals surface area contributed by atoms with Gasteiger partial charge in [-0.1, -0.05) is 23.8 Å². The van der Waals surface area contributed by atoms with Crippen LogP contribution in [0.1, 0.15) is 29.7 Å². The highest BCUT2D eigenvalue weighted by Gasteiger charge is 2.16. The van der Waals surface area contributed by atoms with Crippen LogP contribution in [0.4, 0.5) is 0 Å². The Balaban J connectivity index is 2.41. The summed E-state index contributed by atoms with van der Waals surface area (Å²) < 4.78 is 11.8. The van der Waals surface area contributed by atoms with Crippen LogP contribution in [0.5, 0.6) is 11.5 Å². The molecule has 0 aliphatic heterocycles. The summed E-state index contributed by atoms with van der Waals surface area (Å²) in [5.41, 5.74) is 9.60. The van der Waals surface area contributed by atoms with E-state index in [-0.39, 0.29) is 6.04 Å². The number of hydrogen-bond acceptors (Lipinski definition) is 3. The maximum atomic E-state index is 6.44. The van der Waals surface area contributed by atoms with Gasteiger partial charge in [-0.15, -0.1) is 0 Å². The minimum absolute atomic E-state index is 0.242. The van der Waals surface area contributed by atoms with Crippen molar-refractivity contribution in [2.45, 2.75) is 19.9 Å². The number of rotatable bonds is 5. The molecule has 2 aromatic carbocycles. The number of ether oxygens (including phenoxy) is 2. The number of halogens is 1. The molecule has 0 aromatic heterocycles. The van der Waals surface area contributed by atoms with Crippen LogP contribution in [0.2, 0.25) is 0 Å². The molecule has 1 atom stereocenters. The molecule has 0 saturated heterocycles. The molecule has 0 heterocycles. The van der Waals surface area contributed by atoms with Gasteiger partial charge < -0.3 is 15.2 Å². The predicted octanol–water partition coefficient (Wildman–Crippen LogP) is 4.21. The van der Waals surface area contributed by atoms with E-state index in [1.165, 1.54) is 0 Å². The van der Waals surface area contributed by atoms with Gasteiger partial charge in [0.1, 0.15) is 11.5 Å². The zero-order chi connectivity index (χ0) is 15.4. The Hall–Kier alpha value is -1.52. The van der Waals surface area contributed by atoms with Crippen molar-refractivity contribution in [2.75, 3.05) is 13.7 Å². The molecule has 2 N–H and O–H groups in total. The molecule has 2 rings (SSSR count). The van der Waals surface area contributed by atoms with E-state index in [1.54, 1.807) is 7.11 Å². The number of hydrogen-bond donors (Lipinski definition) is 1. The third kappa shape index (κ3) is 3.57. The second-order valence-corrected chi connectivity index (χ2v) is 5.70. The van der Waals surface area contributed by atoms with Gasteiger partial charge in [0.15, 0.2) is 0 Å². The highest BCUT2D eigenvalue weighted by atomic mass is 79.9. The molecular formula is C17H20BrNO2. The van der Waals surface area contributed by atoms with E-state index in [9.17, 15) is 0 Å². The van der Waals surface area contributed by atoms with E-state index in [1.807, 2.05) is 37.3 Å². The van der Waals surface area contributed by atoms with Crippen molar-refractivity contribution in [3.8, 4) is 11.5 Å². The Morgan fingerprint density at radius 2 is 1.86 bits per heavy atom. The zero-order valence-electron chi connectivity index (χ0n) is 12.5. The quantitative estimate of drug-likeness (QED) is 0.878. The van der Waals surface area contributed by atoms with Gasteiger partial charge in [0.2, 0.25) is 0 Å². The van der Waals surface area contributed by atoms with Crippen molar-refractivity contribution in [3.63, 3.8) is 0 Å². The highest BCUT2D eigenvalue weighted by Crippen LogP contribution is 2.33.